The molecule has 0 aliphatic carbocycles. The number of hydrogen-bond acceptors (Lipinski definition) is 2. The van der Waals surface area contributed by atoms with Crippen LogP contribution in [0, 0.1) is 6.92 Å². The summed E-state index contributed by atoms with van der Waals surface area (Å²) < 4.78 is 7.01. The Morgan fingerprint density at radius 1 is 1.19 bits per heavy atom. The van der Waals surface area contributed by atoms with Crippen LogP contribution in [0.3, 0.4) is 0 Å². The van der Waals surface area contributed by atoms with Crippen molar-refractivity contribution in [1.82, 2.24) is 0 Å². The van der Waals surface area contributed by atoms with Crippen molar-refractivity contribution in [3.05, 3.63) is 69.4 Å². The fourth-order valence-electron chi connectivity index (χ4n) is 2.83. The summed E-state index contributed by atoms with van der Waals surface area (Å²) >= 11 is 3.55. The van der Waals surface area contributed by atoms with Crippen molar-refractivity contribution < 1.29 is 4.42 Å². The van der Waals surface area contributed by atoms with Gasteiger partial charge in [-0.05, 0) is 36.2 Å². The molecular formula is C18H18BrNO. The highest BCUT2D eigenvalue weighted by Gasteiger charge is 2.20. The van der Waals surface area contributed by atoms with Gasteiger partial charge in [0.15, 0.2) is 0 Å². The number of fused-ring (bicyclic) bond motifs is 1. The number of nitrogens with two attached hydrogens (primary N) is 1. The maximum atomic E-state index is 6.56. The second-order valence-corrected chi connectivity index (χ2v) is 6.24. The zero-order chi connectivity index (χ0) is 15.0. The Labute approximate surface area is 133 Å². The van der Waals surface area contributed by atoms with Gasteiger partial charge in [0.2, 0.25) is 0 Å². The lowest BCUT2D eigenvalue weighted by Crippen LogP contribution is -2.13. The zero-order valence-corrected chi connectivity index (χ0v) is 13.8. The number of furan rings is 1. The molecule has 2 aromatic carbocycles. The molecule has 0 spiro atoms. The molecule has 0 bridgehead atoms. The molecule has 1 unspecified atom stereocenters. The molecule has 21 heavy (non-hydrogen) atoms. The third kappa shape index (κ3) is 2.63. The zero-order valence-electron chi connectivity index (χ0n) is 12.2. The molecule has 3 heteroatoms. The fraction of sp³-hybridized carbons (Fsp3) is 0.222. The van der Waals surface area contributed by atoms with Crippen LogP contribution >= 0.6 is 15.9 Å². The average Bonchev–Trinajstić information content (AvgIpc) is 2.83. The molecule has 0 saturated heterocycles. The van der Waals surface area contributed by atoms with E-state index in [1.54, 1.807) is 0 Å². The lowest BCUT2D eigenvalue weighted by atomic mass is 9.95. The lowest BCUT2D eigenvalue weighted by Gasteiger charge is -2.14. The summed E-state index contributed by atoms with van der Waals surface area (Å²) in [7, 11) is 0. The molecule has 0 amide bonds. The van der Waals surface area contributed by atoms with E-state index in [2.05, 4.69) is 54.0 Å². The predicted octanol–water partition coefficient (Wildman–Crippen LogP) is 5.11. The molecule has 3 aromatic rings. The Balaban J connectivity index is 2.18. The fourth-order valence-corrected chi connectivity index (χ4v) is 3.46. The minimum atomic E-state index is -0.181. The van der Waals surface area contributed by atoms with Crippen molar-refractivity contribution in [2.24, 2.45) is 5.73 Å². The van der Waals surface area contributed by atoms with Crippen LogP contribution in [-0.2, 0) is 6.42 Å². The Hall–Kier alpha value is -1.58. The number of benzene rings is 2. The quantitative estimate of drug-likeness (QED) is 0.717. The molecule has 0 saturated carbocycles. The van der Waals surface area contributed by atoms with Gasteiger partial charge in [-0.1, -0.05) is 47.1 Å². The molecule has 0 aliphatic rings. The van der Waals surface area contributed by atoms with Gasteiger partial charge in [-0.15, -0.1) is 0 Å². The highest BCUT2D eigenvalue weighted by Crippen LogP contribution is 2.34. The van der Waals surface area contributed by atoms with E-state index in [4.69, 9.17) is 10.2 Å². The van der Waals surface area contributed by atoms with Gasteiger partial charge in [-0.25, -0.2) is 0 Å². The predicted molar refractivity (Wildman–Crippen MR) is 90.5 cm³/mol. The minimum absolute atomic E-state index is 0.181. The molecule has 0 fully saturated rings. The van der Waals surface area contributed by atoms with E-state index in [0.29, 0.717) is 0 Å². The van der Waals surface area contributed by atoms with Gasteiger partial charge in [-0.3, -0.25) is 0 Å². The molecular weight excluding hydrogens is 326 g/mol. The van der Waals surface area contributed by atoms with E-state index < -0.39 is 0 Å². The SMILES string of the molecule is CCc1oc2ccccc2c1C(N)c1cc(C)cc(Br)c1. The average molecular weight is 344 g/mol. The molecule has 2 N–H and O–H groups in total. The maximum absolute atomic E-state index is 6.56. The first-order valence-electron chi connectivity index (χ1n) is 7.13. The highest BCUT2D eigenvalue weighted by molar-refractivity contribution is 9.10. The van der Waals surface area contributed by atoms with Crippen LogP contribution in [0.2, 0.25) is 0 Å². The van der Waals surface area contributed by atoms with Crippen LogP contribution < -0.4 is 5.73 Å². The third-order valence-electron chi connectivity index (χ3n) is 3.77. The van der Waals surface area contributed by atoms with Gasteiger partial charge in [0.05, 0.1) is 6.04 Å². The normalized spacial score (nSPS) is 12.8. The topological polar surface area (TPSA) is 39.2 Å². The number of halogens is 1. The molecule has 0 radical (unpaired) electrons. The molecule has 108 valence electrons. The van der Waals surface area contributed by atoms with Crippen molar-refractivity contribution in [2.75, 3.05) is 0 Å². The Morgan fingerprint density at radius 2 is 1.95 bits per heavy atom. The molecule has 1 aromatic heterocycles. The van der Waals surface area contributed by atoms with Gasteiger partial charge >= 0.3 is 0 Å². The van der Waals surface area contributed by atoms with Crippen molar-refractivity contribution in [3.8, 4) is 0 Å². The second-order valence-electron chi connectivity index (χ2n) is 5.33. The Bertz CT molecular complexity index is 771. The molecule has 1 atom stereocenters. The second kappa shape index (κ2) is 5.66. The monoisotopic (exact) mass is 343 g/mol. The van der Waals surface area contributed by atoms with Gasteiger partial charge in [0.1, 0.15) is 11.3 Å². The highest BCUT2D eigenvalue weighted by atomic mass is 79.9. The van der Waals surface area contributed by atoms with Crippen LogP contribution in [0.5, 0.6) is 0 Å². The maximum Gasteiger partial charge on any atom is 0.134 e. The van der Waals surface area contributed by atoms with Crippen molar-refractivity contribution in [3.63, 3.8) is 0 Å². The van der Waals surface area contributed by atoms with Crippen LogP contribution in [-0.4, -0.2) is 0 Å². The minimum Gasteiger partial charge on any atom is -0.461 e. The first kappa shape index (κ1) is 14.4. The summed E-state index contributed by atoms with van der Waals surface area (Å²) in [5.41, 5.74) is 10.9. The summed E-state index contributed by atoms with van der Waals surface area (Å²) in [5, 5.41) is 1.11. The van der Waals surface area contributed by atoms with E-state index in [1.165, 1.54) is 5.56 Å². The van der Waals surface area contributed by atoms with E-state index >= 15 is 0 Å². The molecule has 0 aliphatic heterocycles. The standard InChI is InChI=1S/C18H18BrNO/c1-3-15-17(14-6-4-5-7-16(14)21-15)18(20)12-8-11(2)9-13(19)10-12/h4-10,18H,3,20H2,1-2H3. The number of aryl methyl sites for hydroxylation is 2. The summed E-state index contributed by atoms with van der Waals surface area (Å²) in [6.45, 7) is 4.18. The first-order valence-corrected chi connectivity index (χ1v) is 7.92. The van der Waals surface area contributed by atoms with Gasteiger partial charge in [0.25, 0.3) is 0 Å². The van der Waals surface area contributed by atoms with Crippen molar-refractivity contribution in [2.45, 2.75) is 26.3 Å². The summed E-state index contributed by atoms with van der Waals surface area (Å²) in [4.78, 5) is 0. The number of hydrogen-bond donors (Lipinski definition) is 1. The molecule has 2 nitrogen and oxygen atoms in total. The lowest BCUT2D eigenvalue weighted by molar-refractivity contribution is 0.546. The number of rotatable bonds is 3. The summed E-state index contributed by atoms with van der Waals surface area (Å²) in [6, 6.07) is 14.2. The van der Waals surface area contributed by atoms with E-state index in [0.717, 1.165) is 38.7 Å². The van der Waals surface area contributed by atoms with E-state index in [9.17, 15) is 0 Å². The smallest absolute Gasteiger partial charge is 0.134 e. The van der Waals surface area contributed by atoms with Crippen molar-refractivity contribution >= 4 is 26.9 Å². The number of para-hydroxylation sites is 1. The third-order valence-corrected chi connectivity index (χ3v) is 4.22. The summed E-state index contributed by atoms with van der Waals surface area (Å²) in [6.07, 6.45) is 0.838. The van der Waals surface area contributed by atoms with Crippen LogP contribution in [0.4, 0.5) is 0 Å². The first-order chi connectivity index (χ1) is 10.1. The summed E-state index contributed by atoms with van der Waals surface area (Å²) in [5.74, 6) is 0.973. The largest absolute Gasteiger partial charge is 0.461 e. The Kier molecular flexibility index (Phi) is 3.87. The van der Waals surface area contributed by atoms with Crippen LogP contribution in [0.25, 0.3) is 11.0 Å². The Morgan fingerprint density at radius 3 is 2.67 bits per heavy atom. The van der Waals surface area contributed by atoms with Gasteiger partial charge in [-0.2, -0.15) is 0 Å². The van der Waals surface area contributed by atoms with Crippen LogP contribution in [0.1, 0.15) is 35.4 Å². The molecule has 3 rings (SSSR count). The van der Waals surface area contributed by atoms with E-state index in [1.807, 2.05) is 18.2 Å². The van der Waals surface area contributed by atoms with Crippen molar-refractivity contribution in [1.29, 1.82) is 0 Å². The van der Waals surface area contributed by atoms with E-state index in [-0.39, 0.29) is 6.04 Å². The molecule has 1 heterocycles. The van der Waals surface area contributed by atoms with Gasteiger partial charge < -0.3 is 10.2 Å². The van der Waals surface area contributed by atoms with Crippen LogP contribution in [0.15, 0.2) is 51.4 Å². The van der Waals surface area contributed by atoms with Gasteiger partial charge in [0, 0.05) is 21.8 Å².